The van der Waals surface area contributed by atoms with E-state index in [1.165, 1.54) is 12.5 Å². The SMILES string of the molecule is O=C1OC(C2=COC(C3=CC=CCC3)=CO2)=NC1=CN1CCN(C2=NCCN2)CC1. The Labute approximate surface area is 174 Å². The van der Waals surface area contributed by atoms with Crippen molar-refractivity contribution < 1.29 is 19.0 Å². The van der Waals surface area contributed by atoms with Crippen LogP contribution in [0.2, 0.25) is 0 Å². The monoisotopic (exact) mass is 409 g/mol. The normalized spacial score (nSPS) is 24.9. The number of nitrogens with zero attached hydrogens (tertiary/aromatic N) is 4. The van der Waals surface area contributed by atoms with Crippen LogP contribution in [0, 0.1) is 0 Å². The van der Waals surface area contributed by atoms with E-state index in [0.29, 0.717) is 5.76 Å². The molecule has 0 spiro atoms. The van der Waals surface area contributed by atoms with Gasteiger partial charge in [-0.3, -0.25) is 4.99 Å². The van der Waals surface area contributed by atoms with E-state index in [9.17, 15) is 4.79 Å². The minimum atomic E-state index is -0.492. The molecule has 0 bridgehead atoms. The van der Waals surface area contributed by atoms with Crippen molar-refractivity contribution in [3.63, 3.8) is 0 Å². The number of carbonyl (C=O) groups excluding carboxylic acids is 1. The number of aliphatic imine (C=N–C) groups is 2. The molecule has 0 saturated carbocycles. The standard InChI is InChI=1S/C21H23N5O4/c27-20-16(12-25-8-10-26(11-9-25)21-22-6-7-23-21)24-19(30-20)18-14-28-17(13-29-18)15-4-2-1-3-5-15/h1-2,4,12-14H,3,5-11H2,(H,22,23). The molecule has 156 valence electrons. The Morgan fingerprint density at radius 2 is 1.93 bits per heavy atom. The largest absolute Gasteiger partial charge is 0.457 e. The molecule has 0 aromatic rings. The van der Waals surface area contributed by atoms with Gasteiger partial charge in [0.2, 0.25) is 5.76 Å². The molecule has 1 saturated heterocycles. The lowest BCUT2D eigenvalue weighted by Gasteiger charge is -2.35. The average molecular weight is 409 g/mol. The summed E-state index contributed by atoms with van der Waals surface area (Å²) in [6, 6.07) is 0. The number of nitrogens with one attached hydrogen (secondary N) is 1. The first-order valence-corrected chi connectivity index (χ1v) is 10.2. The molecular weight excluding hydrogens is 386 g/mol. The lowest BCUT2D eigenvalue weighted by molar-refractivity contribution is -0.130. The quantitative estimate of drug-likeness (QED) is 0.556. The van der Waals surface area contributed by atoms with Crippen molar-refractivity contribution in [1.82, 2.24) is 15.1 Å². The van der Waals surface area contributed by atoms with Gasteiger partial charge in [-0.1, -0.05) is 18.2 Å². The van der Waals surface area contributed by atoms with Crippen LogP contribution in [-0.4, -0.2) is 66.9 Å². The number of hydrogen-bond donors (Lipinski definition) is 1. The average Bonchev–Trinajstić information content (AvgIpc) is 3.46. The zero-order valence-corrected chi connectivity index (χ0v) is 16.5. The highest BCUT2D eigenvalue weighted by Gasteiger charge is 2.30. The predicted octanol–water partition coefficient (Wildman–Crippen LogP) is 1.37. The van der Waals surface area contributed by atoms with Crippen LogP contribution in [0.5, 0.6) is 0 Å². The van der Waals surface area contributed by atoms with Crippen LogP contribution in [0.3, 0.4) is 0 Å². The molecule has 0 atom stereocenters. The highest BCUT2D eigenvalue weighted by atomic mass is 16.6. The van der Waals surface area contributed by atoms with Crippen LogP contribution >= 0.6 is 0 Å². The van der Waals surface area contributed by atoms with Gasteiger partial charge in [-0.15, -0.1) is 0 Å². The second-order valence-corrected chi connectivity index (χ2v) is 7.33. The first-order valence-electron chi connectivity index (χ1n) is 10.2. The fraction of sp³-hybridized carbons (Fsp3) is 0.381. The summed E-state index contributed by atoms with van der Waals surface area (Å²) in [7, 11) is 0. The number of esters is 1. The summed E-state index contributed by atoms with van der Waals surface area (Å²) in [5.74, 6) is 1.52. The van der Waals surface area contributed by atoms with Crippen LogP contribution in [0.4, 0.5) is 0 Å². The van der Waals surface area contributed by atoms with Gasteiger partial charge >= 0.3 is 5.97 Å². The molecule has 1 fully saturated rings. The Hall–Kier alpha value is -3.49. The highest BCUT2D eigenvalue weighted by Crippen LogP contribution is 2.27. The second kappa shape index (κ2) is 8.10. The maximum atomic E-state index is 12.3. The summed E-state index contributed by atoms with van der Waals surface area (Å²) < 4.78 is 16.6. The molecular formula is C21H23N5O4. The summed E-state index contributed by atoms with van der Waals surface area (Å²) in [5.41, 5.74) is 1.32. The first-order chi connectivity index (χ1) is 14.8. The van der Waals surface area contributed by atoms with Gasteiger partial charge in [-0.25, -0.2) is 9.79 Å². The molecule has 0 aromatic heterocycles. The minimum absolute atomic E-state index is 0.113. The Morgan fingerprint density at radius 3 is 2.63 bits per heavy atom. The van der Waals surface area contributed by atoms with Gasteiger partial charge in [0.15, 0.2) is 17.4 Å². The number of guanidine groups is 1. The van der Waals surface area contributed by atoms with Crippen molar-refractivity contribution in [2.45, 2.75) is 12.8 Å². The van der Waals surface area contributed by atoms with Crippen molar-refractivity contribution in [2.24, 2.45) is 9.98 Å². The summed E-state index contributed by atoms with van der Waals surface area (Å²) in [5, 5.41) is 3.29. The highest BCUT2D eigenvalue weighted by molar-refractivity contribution is 6.10. The zero-order valence-electron chi connectivity index (χ0n) is 16.5. The molecule has 0 unspecified atom stereocenters. The van der Waals surface area contributed by atoms with E-state index in [1.54, 1.807) is 6.20 Å². The van der Waals surface area contributed by atoms with E-state index in [1.807, 2.05) is 12.2 Å². The van der Waals surface area contributed by atoms with E-state index in [0.717, 1.165) is 63.6 Å². The number of hydrogen-bond acceptors (Lipinski definition) is 9. The maximum absolute atomic E-state index is 12.3. The van der Waals surface area contributed by atoms with E-state index in [-0.39, 0.29) is 17.4 Å². The summed E-state index contributed by atoms with van der Waals surface area (Å²) in [4.78, 5) is 25.3. The molecule has 0 radical (unpaired) electrons. The number of ether oxygens (including phenoxy) is 3. The predicted molar refractivity (Wildman–Crippen MR) is 110 cm³/mol. The van der Waals surface area contributed by atoms with E-state index in [4.69, 9.17) is 14.2 Å². The van der Waals surface area contributed by atoms with Crippen LogP contribution in [0.25, 0.3) is 0 Å². The Morgan fingerprint density at radius 1 is 1.10 bits per heavy atom. The summed E-state index contributed by atoms with van der Waals surface area (Å²) in [6.45, 7) is 4.95. The Kier molecular flexibility index (Phi) is 5.00. The molecule has 9 heteroatoms. The number of carbonyl (C=O) groups is 1. The molecule has 0 amide bonds. The third-order valence-corrected chi connectivity index (χ3v) is 5.32. The molecule has 5 rings (SSSR count). The lowest BCUT2D eigenvalue weighted by atomic mass is 10.0. The van der Waals surface area contributed by atoms with E-state index in [2.05, 4.69) is 31.2 Å². The van der Waals surface area contributed by atoms with Gasteiger partial charge in [0.25, 0.3) is 5.90 Å². The molecule has 4 aliphatic heterocycles. The fourth-order valence-corrected chi connectivity index (χ4v) is 3.69. The summed E-state index contributed by atoms with van der Waals surface area (Å²) in [6.07, 6.45) is 12.7. The molecule has 4 heterocycles. The Balaban J connectivity index is 1.20. The van der Waals surface area contributed by atoms with Crippen LogP contribution in [0.15, 0.2) is 69.7 Å². The van der Waals surface area contributed by atoms with E-state index >= 15 is 0 Å². The van der Waals surface area contributed by atoms with Crippen molar-refractivity contribution in [3.05, 3.63) is 59.7 Å². The van der Waals surface area contributed by atoms with Crippen LogP contribution in [0.1, 0.15) is 12.8 Å². The minimum Gasteiger partial charge on any atom is -0.457 e. The fourth-order valence-electron chi connectivity index (χ4n) is 3.69. The van der Waals surface area contributed by atoms with Gasteiger partial charge in [-0.05, 0) is 18.4 Å². The topological polar surface area (TPSA) is 88.0 Å². The molecule has 1 N–H and O–H groups in total. The van der Waals surface area contributed by atoms with Crippen molar-refractivity contribution >= 4 is 17.8 Å². The number of piperazine rings is 1. The van der Waals surface area contributed by atoms with Gasteiger partial charge in [0, 0.05) is 38.9 Å². The van der Waals surface area contributed by atoms with Gasteiger partial charge in [0.05, 0.1) is 6.54 Å². The molecule has 0 aromatic carbocycles. The third kappa shape index (κ3) is 3.83. The molecule has 9 nitrogen and oxygen atoms in total. The van der Waals surface area contributed by atoms with E-state index < -0.39 is 5.97 Å². The first kappa shape index (κ1) is 18.5. The summed E-state index contributed by atoms with van der Waals surface area (Å²) >= 11 is 0. The van der Waals surface area contributed by atoms with Crippen LogP contribution < -0.4 is 5.32 Å². The maximum Gasteiger partial charge on any atom is 0.365 e. The lowest BCUT2D eigenvalue weighted by Crippen LogP contribution is -2.50. The smallest absolute Gasteiger partial charge is 0.365 e. The van der Waals surface area contributed by atoms with Crippen molar-refractivity contribution in [2.75, 3.05) is 39.3 Å². The van der Waals surface area contributed by atoms with Gasteiger partial charge in [-0.2, -0.15) is 0 Å². The second-order valence-electron chi connectivity index (χ2n) is 7.33. The molecule has 5 aliphatic rings. The number of cyclic esters (lactones) is 1. The van der Waals surface area contributed by atoms with Crippen molar-refractivity contribution in [3.8, 4) is 0 Å². The zero-order chi connectivity index (χ0) is 20.3. The van der Waals surface area contributed by atoms with Gasteiger partial charge < -0.3 is 29.3 Å². The Bertz CT molecular complexity index is 948. The number of allylic oxidation sites excluding steroid dienone is 4. The number of rotatable bonds is 3. The third-order valence-electron chi connectivity index (χ3n) is 5.32. The van der Waals surface area contributed by atoms with Crippen LogP contribution in [-0.2, 0) is 19.0 Å². The van der Waals surface area contributed by atoms with Crippen molar-refractivity contribution in [1.29, 1.82) is 0 Å². The molecule has 1 aliphatic carbocycles. The van der Waals surface area contributed by atoms with Gasteiger partial charge in [0.1, 0.15) is 12.5 Å². The molecule has 30 heavy (non-hydrogen) atoms.